The van der Waals surface area contributed by atoms with Gasteiger partial charge in [0.1, 0.15) is 6.23 Å². The first-order chi connectivity index (χ1) is 11.2. The fourth-order valence-electron chi connectivity index (χ4n) is 3.17. The second kappa shape index (κ2) is 7.42. The largest absolute Gasteiger partial charge is 0.377 e. The molecule has 3 unspecified atom stereocenters. The lowest BCUT2D eigenvalue weighted by Crippen LogP contribution is -2.37. The Balaban J connectivity index is 1.71. The molecule has 1 aliphatic heterocycles. The van der Waals surface area contributed by atoms with E-state index in [0.717, 1.165) is 35.9 Å². The lowest BCUT2D eigenvalue weighted by atomic mass is 10.1. The molecule has 2 heterocycles. The number of fused-ring (bicyclic) bond motifs is 1. The van der Waals surface area contributed by atoms with Crippen LogP contribution in [0.5, 0.6) is 0 Å². The number of aromatic nitrogens is 1. The van der Waals surface area contributed by atoms with Gasteiger partial charge in [-0.3, -0.25) is 5.32 Å². The Labute approximate surface area is 136 Å². The molecule has 2 aromatic rings. The molecule has 0 bridgehead atoms. The van der Waals surface area contributed by atoms with E-state index in [2.05, 4.69) is 5.32 Å². The summed E-state index contributed by atoms with van der Waals surface area (Å²) in [6.07, 6.45) is 3.75. The van der Waals surface area contributed by atoms with Gasteiger partial charge in [-0.2, -0.15) is 0 Å². The smallest absolute Gasteiger partial charge is 0.123 e. The van der Waals surface area contributed by atoms with E-state index < -0.39 is 6.23 Å². The van der Waals surface area contributed by atoms with E-state index in [1.807, 2.05) is 35.0 Å². The molecule has 0 radical (unpaired) electrons. The molecular formula is C17H26N4O2. The van der Waals surface area contributed by atoms with Crippen molar-refractivity contribution < 1.29 is 9.84 Å². The lowest BCUT2D eigenvalue weighted by Gasteiger charge is -2.17. The predicted molar refractivity (Wildman–Crippen MR) is 90.9 cm³/mol. The third-order valence-electron chi connectivity index (χ3n) is 4.45. The van der Waals surface area contributed by atoms with Crippen molar-refractivity contribution in [1.29, 1.82) is 0 Å². The van der Waals surface area contributed by atoms with Gasteiger partial charge >= 0.3 is 0 Å². The summed E-state index contributed by atoms with van der Waals surface area (Å²) in [4.78, 5) is 0. The number of hydrogen-bond donors (Lipinski definition) is 4. The molecule has 6 nitrogen and oxygen atoms in total. The number of benzene rings is 1. The first-order valence-corrected chi connectivity index (χ1v) is 8.25. The minimum atomic E-state index is -0.628. The Morgan fingerprint density at radius 1 is 1.39 bits per heavy atom. The molecule has 126 valence electrons. The molecule has 3 atom stereocenters. The molecule has 1 saturated heterocycles. The van der Waals surface area contributed by atoms with Crippen LogP contribution in [0, 0.1) is 0 Å². The number of ether oxygens (including phenoxy) is 1. The molecule has 0 spiro atoms. The maximum atomic E-state index is 10.3. The van der Waals surface area contributed by atoms with Crippen LogP contribution >= 0.6 is 0 Å². The summed E-state index contributed by atoms with van der Waals surface area (Å²) < 4.78 is 7.60. The molecular weight excluding hydrogens is 292 g/mol. The van der Waals surface area contributed by atoms with E-state index in [4.69, 9.17) is 16.2 Å². The van der Waals surface area contributed by atoms with Crippen LogP contribution in [0.3, 0.4) is 0 Å². The molecule has 23 heavy (non-hydrogen) atoms. The summed E-state index contributed by atoms with van der Waals surface area (Å²) in [7, 11) is 0. The van der Waals surface area contributed by atoms with Crippen LogP contribution in [0.25, 0.3) is 10.9 Å². The molecule has 0 saturated carbocycles. The molecule has 1 fully saturated rings. The van der Waals surface area contributed by atoms with E-state index in [0.29, 0.717) is 19.6 Å². The van der Waals surface area contributed by atoms with E-state index in [1.54, 1.807) is 0 Å². The summed E-state index contributed by atoms with van der Waals surface area (Å²) in [5.41, 5.74) is 13.9. The van der Waals surface area contributed by atoms with Crippen molar-refractivity contribution in [3.8, 4) is 0 Å². The zero-order valence-electron chi connectivity index (χ0n) is 13.3. The fraction of sp³-hybridized carbons (Fsp3) is 0.529. The van der Waals surface area contributed by atoms with Crippen molar-refractivity contribution in [1.82, 2.24) is 9.88 Å². The maximum Gasteiger partial charge on any atom is 0.123 e. The Bertz CT molecular complexity index is 637. The number of nitrogens with zero attached hydrogens (tertiary/aromatic N) is 1. The molecule has 0 aliphatic carbocycles. The van der Waals surface area contributed by atoms with Gasteiger partial charge in [-0.05, 0) is 24.5 Å². The van der Waals surface area contributed by atoms with E-state index in [9.17, 15) is 5.11 Å². The molecule has 1 aromatic heterocycles. The van der Waals surface area contributed by atoms with Crippen LogP contribution < -0.4 is 16.8 Å². The molecule has 1 aromatic carbocycles. The number of nitrogens with one attached hydrogen (secondary N) is 1. The summed E-state index contributed by atoms with van der Waals surface area (Å²) >= 11 is 0. The molecule has 0 amide bonds. The number of aliphatic hydroxyl groups is 1. The highest BCUT2D eigenvalue weighted by molar-refractivity contribution is 5.84. The third kappa shape index (κ3) is 3.73. The van der Waals surface area contributed by atoms with Crippen molar-refractivity contribution >= 4 is 10.9 Å². The number of rotatable bonds is 7. The minimum absolute atomic E-state index is 0.196. The second-order valence-corrected chi connectivity index (χ2v) is 6.16. The number of aliphatic hydroxyl groups excluding tert-OH is 1. The van der Waals surface area contributed by atoms with Crippen molar-refractivity contribution in [3.05, 3.63) is 36.0 Å². The average molecular weight is 318 g/mol. The van der Waals surface area contributed by atoms with E-state index in [1.165, 1.54) is 0 Å². The van der Waals surface area contributed by atoms with Gasteiger partial charge in [0.05, 0.1) is 12.6 Å². The monoisotopic (exact) mass is 318 g/mol. The van der Waals surface area contributed by atoms with Gasteiger partial charge in [0.2, 0.25) is 0 Å². The van der Waals surface area contributed by atoms with Crippen LogP contribution in [0.2, 0.25) is 0 Å². The van der Waals surface area contributed by atoms with E-state index >= 15 is 0 Å². The average Bonchev–Trinajstić information content (AvgIpc) is 3.21. The van der Waals surface area contributed by atoms with Gasteiger partial charge < -0.3 is 25.9 Å². The highest BCUT2D eigenvalue weighted by Gasteiger charge is 2.18. The van der Waals surface area contributed by atoms with Gasteiger partial charge in [0.25, 0.3) is 0 Å². The Morgan fingerprint density at radius 3 is 2.96 bits per heavy atom. The van der Waals surface area contributed by atoms with Crippen molar-refractivity contribution in [2.24, 2.45) is 11.5 Å². The maximum absolute atomic E-state index is 10.3. The predicted octanol–water partition coefficient (Wildman–Crippen LogP) is 0.687. The van der Waals surface area contributed by atoms with Crippen LogP contribution in [0.1, 0.15) is 24.4 Å². The quantitative estimate of drug-likeness (QED) is 0.563. The number of para-hydroxylation sites is 1. The lowest BCUT2D eigenvalue weighted by molar-refractivity contribution is 0.0711. The first-order valence-electron chi connectivity index (χ1n) is 8.25. The Morgan fingerprint density at radius 2 is 2.22 bits per heavy atom. The van der Waals surface area contributed by atoms with Crippen LogP contribution in [-0.2, 0) is 11.3 Å². The van der Waals surface area contributed by atoms with Gasteiger partial charge in [-0.15, -0.1) is 0 Å². The summed E-state index contributed by atoms with van der Waals surface area (Å²) in [5, 5.41) is 14.5. The van der Waals surface area contributed by atoms with Gasteiger partial charge in [-0.25, -0.2) is 0 Å². The third-order valence-corrected chi connectivity index (χ3v) is 4.45. The molecule has 6 N–H and O–H groups in total. The van der Waals surface area contributed by atoms with Crippen LogP contribution in [0.4, 0.5) is 0 Å². The zero-order chi connectivity index (χ0) is 16.2. The van der Waals surface area contributed by atoms with E-state index in [-0.39, 0.29) is 12.1 Å². The summed E-state index contributed by atoms with van der Waals surface area (Å²) in [6.45, 7) is 2.36. The summed E-state index contributed by atoms with van der Waals surface area (Å²) in [5.74, 6) is 0. The topological polar surface area (TPSA) is 98.5 Å². The molecule has 6 heteroatoms. The molecule has 3 rings (SSSR count). The highest BCUT2D eigenvalue weighted by atomic mass is 16.5. The normalized spacial score (nSPS) is 20.9. The van der Waals surface area contributed by atoms with Crippen molar-refractivity contribution in [2.45, 2.75) is 37.8 Å². The molecule has 1 aliphatic rings. The van der Waals surface area contributed by atoms with Crippen molar-refractivity contribution in [2.75, 3.05) is 19.7 Å². The summed E-state index contributed by atoms with van der Waals surface area (Å²) in [6, 6.07) is 7.87. The second-order valence-electron chi connectivity index (χ2n) is 6.16. The standard InChI is InChI=1S/C17H26N4O2/c18-8-15(19)14-10-21(16-6-2-1-5-13(14)16)11-17(22)20-9-12-4-3-7-23-12/h1-2,5-6,10,12,15,17,20,22H,3-4,7-9,11,18-19H2. The number of nitrogens with two attached hydrogens (primary N) is 2. The fourth-order valence-corrected chi connectivity index (χ4v) is 3.17. The van der Waals surface area contributed by atoms with Crippen molar-refractivity contribution in [3.63, 3.8) is 0 Å². The highest BCUT2D eigenvalue weighted by Crippen LogP contribution is 2.25. The van der Waals surface area contributed by atoms with Gasteiger partial charge in [0.15, 0.2) is 0 Å². The Kier molecular flexibility index (Phi) is 5.30. The van der Waals surface area contributed by atoms with Gasteiger partial charge in [-0.1, -0.05) is 18.2 Å². The first kappa shape index (κ1) is 16.4. The minimum Gasteiger partial charge on any atom is -0.377 e. The van der Waals surface area contributed by atoms with Crippen LogP contribution in [-0.4, -0.2) is 41.7 Å². The van der Waals surface area contributed by atoms with Gasteiger partial charge in [0, 0.05) is 42.8 Å². The Hall–Kier alpha value is -1.44. The number of hydrogen-bond acceptors (Lipinski definition) is 5. The SMILES string of the molecule is NCC(N)c1cn(CC(O)NCC2CCCO2)c2ccccc12. The van der Waals surface area contributed by atoms with Crippen LogP contribution in [0.15, 0.2) is 30.5 Å². The zero-order valence-corrected chi connectivity index (χ0v) is 13.3.